The Morgan fingerprint density at radius 1 is 1.79 bits per heavy atom. The third-order valence-electron chi connectivity index (χ3n) is 2.33. The van der Waals surface area contributed by atoms with E-state index in [0.29, 0.717) is 0 Å². The molecule has 1 aliphatic heterocycles. The van der Waals surface area contributed by atoms with Crippen molar-refractivity contribution in [3.63, 3.8) is 0 Å². The molecule has 14 heavy (non-hydrogen) atoms. The predicted octanol–water partition coefficient (Wildman–Crippen LogP) is 2.06. The normalized spacial score (nSPS) is 21.8. The Bertz CT molecular complexity index is 300. The van der Waals surface area contributed by atoms with Crippen molar-refractivity contribution in [3.8, 4) is 0 Å². The van der Waals surface area contributed by atoms with E-state index in [1.54, 1.807) is 17.5 Å². The lowest BCUT2D eigenvalue weighted by Gasteiger charge is -2.13. The molecule has 78 valence electrons. The molecule has 2 N–H and O–H groups in total. The Hall–Kier alpha value is -0.420. The summed E-state index contributed by atoms with van der Waals surface area (Å²) >= 11 is 3.64. The molecule has 5 heteroatoms. The first-order valence-corrected chi connectivity index (χ1v) is 6.74. The van der Waals surface area contributed by atoms with E-state index in [-0.39, 0.29) is 0 Å². The minimum Gasteiger partial charge on any atom is -0.389 e. The lowest BCUT2D eigenvalue weighted by molar-refractivity contribution is 0.957. The van der Waals surface area contributed by atoms with Crippen molar-refractivity contribution in [2.75, 3.05) is 29.5 Å². The van der Waals surface area contributed by atoms with Crippen LogP contribution in [0.5, 0.6) is 0 Å². The van der Waals surface area contributed by atoms with Crippen LogP contribution in [0.1, 0.15) is 13.3 Å². The van der Waals surface area contributed by atoms with E-state index in [1.807, 2.05) is 11.8 Å². The van der Waals surface area contributed by atoms with Crippen LogP contribution < -0.4 is 10.6 Å². The molecular weight excluding hydrogens is 214 g/mol. The van der Waals surface area contributed by atoms with Crippen LogP contribution in [0.2, 0.25) is 0 Å². The summed E-state index contributed by atoms with van der Waals surface area (Å²) in [4.78, 5) is 6.64. The van der Waals surface area contributed by atoms with Crippen LogP contribution in [0.25, 0.3) is 0 Å². The number of anilines is 2. The van der Waals surface area contributed by atoms with Crippen molar-refractivity contribution in [1.29, 1.82) is 0 Å². The van der Waals surface area contributed by atoms with Gasteiger partial charge >= 0.3 is 0 Å². The third-order valence-corrected chi connectivity index (χ3v) is 4.41. The number of rotatable bonds is 3. The van der Waals surface area contributed by atoms with Gasteiger partial charge < -0.3 is 10.6 Å². The van der Waals surface area contributed by atoms with Gasteiger partial charge in [0.1, 0.15) is 5.00 Å². The molecule has 3 nitrogen and oxygen atoms in total. The summed E-state index contributed by atoms with van der Waals surface area (Å²) in [5.41, 5.74) is 5.66. The summed E-state index contributed by atoms with van der Waals surface area (Å²) in [6.07, 6.45) is 3.03. The van der Waals surface area contributed by atoms with Gasteiger partial charge in [-0.2, -0.15) is 11.8 Å². The number of hydrogen-bond donors (Lipinski definition) is 1. The van der Waals surface area contributed by atoms with Gasteiger partial charge in [-0.15, -0.1) is 0 Å². The molecule has 1 fully saturated rings. The van der Waals surface area contributed by atoms with Crippen LogP contribution in [0.15, 0.2) is 6.20 Å². The molecule has 1 atom stereocenters. The van der Waals surface area contributed by atoms with E-state index in [0.717, 1.165) is 28.5 Å². The van der Waals surface area contributed by atoms with Crippen LogP contribution in [-0.2, 0) is 0 Å². The maximum absolute atomic E-state index is 5.66. The molecular formula is C9H15N3S2. The molecule has 0 saturated carbocycles. The molecule has 1 aromatic heterocycles. The van der Waals surface area contributed by atoms with E-state index in [4.69, 9.17) is 5.73 Å². The number of thioether (sulfide) groups is 1. The molecule has 2 rings (SSSR count). The van der Waals surface area contributed by atoms with Gasteiger partial charge in [0.15, 0.2) is 5.13 Å². The van der Waals surface area contributed by atoms with Crippen LogP contribution in [0.3, 0.4) is 0 Å². The number of nitrogen functional groups attached to an aromatic ring is 1. The topological polar surface area (TPSA) is 42.2 Å². The van der Waals surface area contributed by atoms with Crippen molar-refractivity contribution in [2.24, 2.45) is 0 Å². The zero-order valence-electron chi connectivity index (χ0n) is 8.27. The van der Waals surface area contributed by atoms with Gasteiger partial charge in [0.05, 0.1) is 6.20 Å². The van der Waals surface area contributed by atoms with Crippen molar-refractivity contribution in [2.45, 2.75) is 18.6 Å². The SMILES string of the molecule is CCSC1CCN(c2ncc(N)s2)C1. The van der Waals surface area contributed by atoms with Gasteiger partial charge in [0.25, 0.3) is 0 Å². The van der Waals surface area contributed by atoms with E-state index >= 15 is 0 Å². The van der Waals surface area contributed by atoms with Gasteiger partial charge in [0.2, 0.25) is 0 Å². The maximum Gasteiger partial charge on any atom is 0.187 e. The lowest BCUT2D eigenvalue weighted by atomic mass is 10.4. The van der Waals surface area contributed by atoms with Crippen molar-refractivity contribution in [1.82, 2.24) is 4.98 Å². The van der Waals surface area contributed by atoms with E-state index in [1.165, 1.54) is 12.2 Å². The minimum absolute atomic E-state index is 0.783. The maximum atomic E-state index is 5.66. The number of nitrogens with zero attached hydrogens (tertiary/aromatic N) is 2. The Morgan fingerprint density at radius 3 is 3.29 bits per heavy atom. The van der Waals surface area contributed by atoms with E-state index in [2.05, 4.69) is 16.8 Å². The van der Waals surface area contributed by atoms with Crippen molar-refractivity contribution in [3.05, 3.63) is 6.20 Å². The van der Waals surface area contributed by atoms with Gasteiger partial charge in [-0.05, 0) is 12.2 Å². The van der Waals surface area contributed by atoms with Gasteiger partial charge in [-0.25, -0.2) is 4.98 Å². The summed E-state index contributed by atoms with van der Waals surface area (Å²) in [5, 5.41) is 2.68. The average Bonchev–Trinajstić information content (AvgIpc) is 2.74. The molecule has 1 aliphatic rings. The zero-order valence-corrected chi connectivity index (χ0v) is 9.90. The molecule has 1 saturated heterocycles. The first-order chi connectivity index (χ1) is 6.79. The standard InChI is InChI=1S/C9H15N3S2/c1-2-13-7-3-4-12(6-7)9-11-5-8(10)14-9/h5,7H,2-4,6,10H2,1H3. The highest BCUT2D eigenvalue weighted by atomic mass is 32.2. The van der Waals surface area contributed by atoms with Gasteiger partial charge in [0, 0.05) is 18.3 Å². The molecule has 0 amide bonds. The summed E-state index contributed by atoms with van der Waals surface area (Å²) in [6, 6.07) is 0. The van der Waals surface area contributed by atoms with E-state index in [9.17, 15) is 0 Å². The second kappa shape index (κ2) is 4.40. The number of thiazole rings is 1. The number of nitrogens with two attached hydrogens (primary N) is 1. The van der Waals surface area contributed by atoms with E-state index < -0.39 is 0 Å². The molecule has 0 aromatic carbocycles. The predicted molar refractivity (Wildman–Crippen MR) is 65.3 cm³/mol. The fourth-order valence-electron chi connectivity index (χ4n) is 1.70. The summed E-state index contributed by atoms with van der Waals surface area (Å²) in [7, 11) is 0. The Labute approximate surface area is 92.7 Å². The highest BCUT2D eigenvalue weighted by Crippen LogP contribution is 2.30. The smallest absolute Gasteiger partial charge is 0.187 e. The molecule has 1 unspecified atom stereocenters. The van der Waals surface area contributed by atoms with Crippen molar-refractivity contribution >= 4 is 33.2 Å². The Balaban J connectivity index is 1.95. The number of hydrogen-bond acceptors (Lipinski definition) is 5. The largest absolute Gasteiger partial charge is 0.389 e. The molecule has 0 bridgehead atoms. The second-order valence-corrected chi connectivity index (χ2v) is 5.98. The summed E-state index contributed by atoms with van der Waals surface area (Å²) in [6.45, 7) is 4.48. The van der Waals surface area contributed by atoms with Gasteiger partial charge in [-0.3, -0.25) is 0 Å². The van der Waals surface area contributed by atoms with Crippen LogP contribution >= 0.6 is 23.1 Å². The molecule has 0 spiro atoms. The molecule has 0 radical (unpaired) electrons. The van der Waals surface area contributed by atoms with Crippen LogP contribution in [-0.4, -0.2) is 29.1 Å². The monoisotopic (exact) mass is 229 g/mol. The molecule has 1 aromatic rings. The van der Waals surface area contributed by atoms with Crippen molar-refractivity contribution < 1.29 is 0 Å². The van der Waals surface area contributed by atoms with Crippen LogP contribution in [0.4, 0.5) is 10.1 Å². The fraction of sp³-hybridized carbons (Fsp3) is 0.667. The minimum atomic E-state index is 0.783. The first kappa shape index (κ1) is 10.1. The number of aromatic nitrogens is 1. The van der Waals surface area contributed by atoms with Gasteiger partial charge in [-0.1, -0.05) is 18.3 Å². The molecule has 2 heterocycles. The highest BCUT2D eigenvalue weighted by Gasteiger charge is 2.23. The quantitative estimate of drug-likeness (QED) is 0.861. The lowest BCUT2D eigenvalue weighted by Crippen LogP contribution is -2.19. The fourth-order valence-corrected chi connectivity index (χ4v) is 3.44. The highest BCUT2D eigenvalue weighted by molar-refractivity contribution is 7.99. The second-order valence-electron chi connectivity index (χ2n) is 3.36. The Morgan fingerprint density at radius 2 is 2.64 bits per heavy atom. The zero-order chi connectivity index (χ0) is 9.97. The van der Waals surface area contributed by atoms with Crippen LogP contribution in [0, 0.1) is 0 Å². The molecule has 0 aliphatic carbocycles. The Kier molecular flexibility index (Phi) is 3.18. The average molecular weight is 229 g/mol. The summed E-state index contributed by atoms with van der Waals surface area (Å²) < 4.78 is 0. The third kappa shape index (κ3) is 2.15. The summed E-state index contributed by atoms with van der Waals surface area (Å²) in [5.74, 6) is 1.21. The first-order valence-electron chi connectivity index (χ1n) is 4.87.